The number of hydrogen-bond acceptors (Lipinski definition) is 5. The maximum absolute atomic E-state index is 11.6. The number of carbonyl (C=O) groups excluding carboxylic acids is 2. The molecule has 0 saturated heterocycles. The van der Waals surface area contributed by atoms with Gasteiger partial charge < -0.3 is 15.8 Å². The molecule has 0 rings (SSSR count). The number of methoxy groups -OCH3 is 1. The molecule has 0 unspecified atom stereocenters. The second-order valence-electron chi connectivity index (χ2n) is 4.48. The molecule has 3 N–H and O–H groups in total. The fraction of sp³-hybridized carbons (Fsp3) is 0.818. The van der Waals surface area contributed by atoms with E-state index >= 15 is 0 Å². The molecule has 6 heteroatoms. The largest absolute Gasteiger partial charge is 0.469 e. The average molecular weight is 262 g/mol. The zero-order chi connectivity index (χ0) is 13.5. The van der Waals surface area contributed by atoms with Gasteiger partial charge in [0.15, 0.2) is 0 Å². The van der Waals surface area contributed by atoms with Crippen LogP contribution in [0.4, 0.5) is 0 Å². The summed E-state index contributed by atoms with van der Waals surface area (Å²) in [5.74, 6) is 0.265. The Labute approximate surface area is 107 Å². The van der Waals surface area contributed by atoms with Gasteiger partial charge in [0.05, 0.1) is 18.6 Å². The van der Waals surface area contributed by atoms with Crippen molar-refractivity contribution >= 4 is 23.6 Å². The highest BCUT2D eigenvalue weighted by atomic mass is 32.2. The number of carbonyl (C=O) groups is 2. The predicted octanol–water partition coefficient (Wildman–Crippen LogP) is 0.382. The van der Waals surface area contributed by atoms with Crippen molar-refractivity contribution in [2.45, 2.75) is 26.3 Å². The van der Waals surface area contributed by atoms with E-state index in [4.69, 9.17) is 5.73 Å². The molecule has 0 heterocycles. The van der Waals surface area contributed by atoms with E-state index in [2.05, 4.69) is 10.1 Å². The van der Waals surface area contributed by atoms with E-state index < -0.39 is 11.5 Å². The first-order valence-corrected chi connectivity index (χ1v) is 6.85. The van der Waals surface area contributed by atoms with Crippen LogP contribution < -0.4 is 11.1 Å². The maximum atomic E-state index is 11.6. The van der Waals surface area contributed by atoms with Gasteiger partial charge >= 0.3 is 5.97 Å². The van der Waals surface area contributed by atoms with Gasteiger partial charge in [-0.15, -0.1) is 0 Å². The maximum Gasteiger partial charge on any atom is 0.313 e. The zero-order valence-electron chi connectivity index (χ0n) is 10.9. The van der Waals surface area contributed by atoms with Gasteiger partial charge in [0.1, 0.15) is 0 Å². The Morgan fingerprint density at radius 2 is 2.06 bits per heavy atom. The first-order chi connectivity index (χ1) is 7.85. The van der Waals surface area contributed by atoms with Gasteiger partial charge in [0, 0.05) is 6.54 Å². The van der Waals surface area contributed by atoms with Gasteiger partial charge in [-0.1, -0.05) is 0 Å². The lowest BCUT2D eigenvalue weighted by Crippen LogP contribution is -2.46. The molecule has 0 fully saturated rings. The van der Waals surface area contributed by atoms with Crippen LogP contribution in [0.3, 0.4) is 0 Å². The summed E-state index contributed by atoms with van der Waals surface area (Å²) in [6.45, 7) is 3.66. The van der Waals surface area contributed by atoms with E-state index in [1.807, 2.05) is 6.26 Å². The normalized spacial score (nSPS) is 13.0. The van der Waals surface area contributed by atoms with Crippen LogP contribution in [-0.2, 0) is 14.3 Å². The van der Waals surface area contributed by atoms with Crippen molar-refractivity contribution in [1.29, 1.82) is 0 Å². The Morgan fingerprint density at radius 1 is 1.47 bits per heavy atom. The number of nitrogens with two attached hydrogens (primary N) is 1. The summed E-state index contributed by atoms with van der Waals surface area (Å²) in [6, 6.07) is -0.518. The molecular formula is C11H22N2O3S. The van der Waals surface area contributed by atoms with Gasteiger partial charge in [0.2, 0.25) is 5.91 Å². The summed E-state index contributed by atoms with van der Waals surface area (Å²) in [4.78, 5) is 23.0. The number of rotatable bonds is 7. The number of thioether (sulfide) groups is 1. The topological polar surface area (TPSA) is 81.4 Å². The molecule has 0 aliphatic heterocycles. The highest BCUT2D eigenvalue weighted by Gasteiger charge is 2.29. The molecular weight excluding hydrogens is 240 g/mol. The van der Waals surface area contributed by atoms with E-state index in [0.717, 1.165) is 5.75 Å². The van der Waals surface area contributed by atoms with E-state index in [1.54, 1.807) is 25.6 Å². The van der Waals surface area contributed by atoms with Crippen LogP contribution in [0.1, 0.15) is 20.3 Å². The third-order valence-corrected chi connectivity index (χ3v) is 3.06. The Balaban J connectivity index is 4.10. The highest BCUT2D eigenvalue weighted by molar-refractivity contribution is 7.98. The first-order valence-electron chi connectivity index (χ1n) is 5.45. The van der Waals surface area contributed by atoms with Gasteiger partial charge in [-0.25, -0.2) is 0 Å². The van der Waals surface area contributed by atoms with Crippen molar-refractivity contribution in [1.82, 2.24) is 5.32 Å². The highest BCUT2D eigenvalue weighted by Crippen LogP contribution is 2.15. The molecule has 0 spiro atoms. The van der Waals surface area contributed by atoms with Crippen LogP contribution in [0.25, 0.3) is 0 Å². The van der Waals surface area contributed by atoms with Crippen molar-refractivity contribution in [3.63, 3.8) is 0 Å². The van der Waals surface area contributed by atoms with E-state index in [-0.39, 0.29) is 18.4 Å². The number of hydrogen-bond donors (Lipinski definition) is 2. The summed E-state index contributed by atoms with van der Waals surface area (Å²) in [6.07, 6.45) is 2.59. The van der Waals surface area contributed by atoms with Crippen LogP contribution in [-0.4, -0.2) is 43.6 Å². The van der Waals surface area contributed by atoms with Crippen LogP contribution in [0.5, 0.6) is 0 Å². The fourth-order valence-electron chi connectivity index (χ4n) is 1.16. The van der Waals surface area contributed by atoms with Crippen LogP contribution in [0.2, 0.25) is 0 Å². The minimum Gasteiger partial charge on any atom is -0.469 e. The van der Waals surface area contributed by atoms with Crippen molar-refractivity contribution in [3.8, 4) is 0 Å². The summed E-state index contributed by atoms with van der Waals surface area (Å²) < 4.78 is 4.65. The lowest BCUT2D eigenvalue weighted by atomic mass is 9.93. The smallest absolute Gasteiger partial charge is 0.313 e. The van der Waals surface area contributed by atoms with Gasteiger partial charge in [-0.3, -0.25) is 9.59 Å². The standard InChI is InChI=1S/C11H22N2O3S/c1-11(2,10(15)16-3)7-13-9(14)8(12)5-6-17-4/h8H,5-7,12H2,1-4H3,(H,13,14)/t8-/m0/s1. The molecule has 0 aromatic heterocycles. The second-order valence-corrected chi connectivity index (χ2v) is 5.47. The molecule has 1 atom stereocenters. The SMILES string of the molecule is COC(=O)C(C)(C)CNC(=O)[C@@H](N)CCSC. The zero-order valence-corrected chi connectivity index (χ0v) is 11.7. The number of ether oxygens (including phenoxy) is 1. The van der Waals surface area contributed by atoms with Crippen LogP contribution in [0.15, 0.2) is 0 Å². The van der Waals surface area contributed by atoms with Crippen molar-refractivity contribution < 1.29 is 14.3 Å². The Kier molecular flexibility index (Phi) is 7.22. The molecule has 1 amide bonds. The van der Waals surface area contributed by atoms with Crippen LogP contribution >= 0.6 is 11.8 Å². The van der Waals surface area contributed by atoms with Crippen LogP contribution in [0, 0.1) is 5.41 Å². The third-order valence-electron chi connectivity index (χ3n) is 2.41. The lowest BCUT2D eigenvalue weighted by molar-refractivity contribution is -0.150. The number of esters is 1. The Morgan fingerprint density at radius 3 is 2.53 bits per heavy atom. The monoisotopic (exact) mass is 262 g/mol. The molecule has 0 aliphatic carbocycles. The summed E-state index contributed by atoms with van der Waals surface area (Å²) in [5, 5.41) is 2.67. The summed E-state index contributed by atoms with van der Waals surface area (Å²) in [7, 11) is 1.33. The van der Waals surface area contributed by atoms with Crippen molar-refractivity contribution in [3.05, 3.63) is 0 Å². The molecule has 0 aromatic rings. The Hall–Kier alpha value is -0.750. The minimum atomic E-state index is -0.733. The average Bonchev–Trinajstić information content (AvgIpc) is 2.31. The van der Waals surface area contributed by atoms with E-state index in [9.17, 15) is 9.59 Å². The number of nitrogens with one attached hydrogen (secondary N) is 1. The molecule has 0 saturated carbocycles. The summed E-state index contributed by atoms with van der Waals surface area (Å²) >= 11 is 1.65. The predicted molar refractivity (Wildman–Crippen MR) is 69.8 cm³/mol. The fourth-order valence-corrected chi connectivity index (χ4v) is 1.65. The van der Waals surface area contributed by atoms with Gasteiger partial charge in [-0.05, 0) is 32.3 Å². The molecule has 0 bridgehead atoms. The molecule has 0 radical (unpaired) electrons. The number of amides is 1. The van der Waals surface area contributed by atoms with E-state index in [0.29, 0.717) is 6.42 Å². The van der Waals surface area contributed by atoms with E-state index in [1.165, 1.54) is 7.11 Å². The molecule has 5 nitrogen and oxygen atoms in total. The summed E-state index contributed by atoms with van der Waals surface area (Å²) in [5.41, 5.74) is 4.97. The quantitative estimate of drug-likeness (QED) is 0.648. The van der Waals surface area contributed by atoms with Gasteiger partial charge in [0.25, 0.3) is 0 Å². The third kappa shape index (κ3) is 5.93. The second kappa shape index (κ2) is 7.55. The molecule has 0 aliphatic rings. The van der Waals surface area contributed by atoms with Crippen molar-refractivity contribution in [2.24, 2.45) is 11.1 Å². The lowest BCUT2D eigenvalue weighted by Gasteiger charge is -2.22. The van der Waals surface area contributed by atoms with Gasteiger partial charge in [-0.2, -0.15) is 11.8 Å². The molecule has 0 aromatic carbocycles. The molecule has 17 heavy (non-hydrogen) atoms. The molecule has 100 valence electrons. The Bertz CT molecular complexity index is 269. The van der Waals surface area contributed by atoms with Crippen molar-refractivity contribution in [2.75, 3.05) is 25.7 Å². The minimum absolute atomic E-state index is 0.226. The first kappa shape index (κ1) is 16.2.